The third kappa shape index (κ3) is 2.82. The fourth-order valence-corrected chi connectivity index (χ4v) is 5.10. The minimum Gasteiger partial charge on any atom is -0.308 e. The van der Waals surface area contributed by atoms with Crippen molar-refractivity contribution in [1.29, 1.82) is 0 Å². The van der Waals surface area contributed by atoms with Crippen molar-refractivity contribution in [1.82, 2.24) is 15.0 Å². The maximum absolute atomic E-state index is 12.4. The van der Waals surface area contributed by atoms with Crippen molar-refractivity contribution in [3.05, 3.63) is 36.5 Å². The lowest BCUT2D eigenvalue weighted by molar-refractivity contribution is -0.118. The minimum absolute atomic E-state index is 0.0885. The van der Waals surface area contributed by atoms with E-state index < -0.39 is 9.84 Å². The van der Waals surface area contributed by atoms with Gasteiger partial charge in [0.05, 0.1) is 23.4 Å². The molecular formula is C16H18N4O3S. The highest BCUT2D eigenvalue weighted by atomic mass is 32.2. The van der Waals surface area contributed by atoms with Gasteiger partial charge in [-0.1, -0.05) is 23.4 Å². The zero-order valence-corrected chi connectivity index (χ0v) is 13.9. The molecule has 2 heterocycles. The van der Waals surface area contributed by atoms with E-state index in [-0.39, 0.29) is 28.7 Å². The summed E-state index contributed by atoms with van der Waals surface area (Å²) in [5.41, 5.74) is 0.746. The van der Waals surface area contributed by atoms with Crippen molar-refractivity contribution >= 4 is 21.6 Å². The first kappa shape index (κ1) is 15.3. The molecule has 2 aromatic rings. The van der Waals surface area contributed by atoms with Gasteiger partial charge in [0.15, 0.2) is 5.82 Å². The molecule has 1 atom stereocenters. The lowest BCUT2D eigenvalue weighted by Crippen LogP contribution is -2.28. The van der Waals surface area contributed by atoms with E-state index in [0.29, 0.717) is 18.7 Å². The first-order valence-electron chi connectivity index (χ1n) is 7.97. The molecule has 1 aromatic carbocycles. The number of sulfone groups is 1. The highest BCUT2D eigenvalue weighted by molar-refractivity contribution is 7.91. The summed E-state index contributed by atoms with van der Waals surface area (Å²) < 4.78 is 24.7. The van der Waals surface area contributed by atoms with Crippen molar-refractivity contribution in [2.24, 2.45) is 11.3 Å². The number of amides is 1. The van der Waals surface area contributed by atoms with E-state index in [0.717, 1.165) is 12.1 Å². The monoisotopic (exact) mass is 346 g/mol. The van der Waals surface area contributed by atoms with Crippen LogP contribution in [-0.2, 0) is 14.6 Å². The number of carbonyl (C=O) groups excluding carboxylic acids is 1. The van der Waals surface area contributed by atoms with Crippen molar-refractivity contribution in [3.63, 3.8) is 0 Å². The average molecular weight is 346 g/mol. The van der Waals surface area contributed by atoms with E-state index in [4.69, 9.17) is 0 Å². The molecule has 1 saturated carbocycles. The quantitative estimate of drug-likeness (QED) is 0.907. The lowest BCUT2D eigenvalue weighted by Gasteiger charge is -2.22. The highest BCUT2D eigenvalue weighted by Crippen LogP contribution is 2.60. The second kappa shape index (κ2) is 5.41. The summed E-state index contributed by atoms with van der Waals surface area (Å²) in [6.07, 6.45) is 3.61. The third-order valence-electron chi connectivity index (χ3n) is 5.09. The van der Waals surface area contributed by atoms with Crippen LogP contribution in [0.5, 0.6) is 0 Å². The number of hydrogen-bond donors (Lipinski definition) is 1. The maximum Gasteiger partial charge on any atom is 0.229 e. The van der Waals surface area contributed by atoms with Crippen LogP contribution in [0.1, 0.15) is 19.3 Å². The maximum atomic E-state index is 12.4. The Hall–Kier alpha value is -2.22. The first-order valence-corrected chi connectivity index (χ1v) is 9.79. The molecule has 24 heavy (non-hydrogen) atoms. The van der Waals surface area contributed by atoms with Gasteiger partial charge in [0.1, 0.15) is 9.84 Å². The Morgan fingerprint density at radius 3 is 2.62 bits per heavy atom. The van der Waals surface area contributed by atoms with Crippen LogP contribution in [0.15, 0.2) is 36.5 Å². The van der Waals surface area contributed by atoms with Crippen LogP contribution in [0, 0.1) is 11.3 Å². The fraction of sp³-hybridized carbons (Fsp3) is 0.438. The van der Waals surface area contributed by atoms with Crippen molar-refractivity contribution in [2.45, 2.75) is 19.3 Å². The van der Waals surface area contributed by atoms with Gasteiger partial charge in [-0.25, -0.2) is 13.1 Å². The molecule has 7 nitrogen and oxygen atoms in total. The number of hydrogen-bond acceptors (Lipinski definition) is 5. The smallest absolute Gasteiger partial charge is 0.229 e. The van der Waals surface area contributed by atoms with Gasteiger partial charge in [-0.2, -0.15) is 0 Å². The summed E-state index contributed by atoms with van der Waals surface area (Å²) in [6.45, 7) is 0. The van der Waals surface area contributed by atoms with Gasteiger partial charge in [0.2, 0.25) is 5.91 Å². The summed E-state index contributed by atoms with van der Waals surface area (Å²) in [5, 5.41) is 10.8. The van der Waals surface area contributed by atoms with Crippen LogP contribution in [0.4, 0.5) is 5.82 Å². The van der Waals surface area contributed by atoms with Crippen LogP contribution < -0.4 is 5.32 Å². The molecule has 0 bridgehead atoms. The van der Waals surface area contributed by atoms with Gasteiger partial charge in [-0.3, -0.25) is 4.79 Å². The van der Waals surface area contributed by atoms with Gasteiger partial charge >= 0.3 is 0 Å². The molecule has 1 aliphatic carbocycles. The van der Waals surface area contributed by atoms with Gasteiger partial charge < -0.3 is 5.32 Å². The topological polar surface area (TPSA) is 93.9 Å². The molecule has 2 aliphatic rings. The number of carbonyl (C=O) groups is 1. The van der Waals surface area contributed by atoms with E-state index in [1.54, 1.807) is 10.9 Å². The minimum atomic E-state index is -2.91. The summed E-state index contributed by atoms with van der Waals surface area (Å²) in [6, 6.07) is 9.53. The van der Waals surface area contributed by atoms with E-state index in [9.17, 15) is 13.2 Å². The molecule has 1 N–H and O–H groups in total. The number of aromatic nitrogens is 3. The first-order chi connectivity index (χ1) is 11.5. The predicted molar refractivity (Wildman–Crippen MR) is 88.4 cm³/mol. The van der Waals surface area contributed by atoms with E-state index in [2.05, 4.69) is 15.6 Å². The Morgan fingerprint density at radius 2 is 1.92 bits per heavy atom. The number of nitrogens with one attached hydrogen (secondary N) is 1. The van der Waals surface area contributed by atoms with Crippen molar-refractivity contribution in [2.75, 3.05) is 16.8 Å². The number of anilines is 1. The molecule has 4 rings (SSSR count). The number of rotatable bonds is 3. The molecule has 1 aliphatic heterocycles. The molecule has 1 aromatic heterocycles. The zero-order valence-electron chi connectivity index (χ0n) is 13.1. The molecule has 1 saturated heterocycles. The molecule has 8 heteroatoms. The van der Waals surface area contributed by atoms with Gasteiger partial charge in [0.25, 0.3) is 0 Å². The number of nitrogens with zero attached hydrogens (tertiary/aromatic N) is 3. The molecule has 1 spiro atoms. The lowest BCUT2D eigenvalue weighted by atomic mass is 9.96. The number of benzene rings is 1. The Balaban J connectivity index is 1.41. The van der Waals surface area contributed by atoms with Gasteiger partial charge in [-0.15, -0.1) is 5.10 Å². The summed E-state index contributed by atoms with van der Waals surface area (Å²) in [5.74, 6) is 0.598. The molecule has 1 amide bonds. The van der Waals surface area contributed by atoms with E-state index in [1.165, 1.54) is 0 Å². The SMILES string of the molecule is O=C(Nc1cn(-c2ccccc2)nn1)C1CC12CCS(=O)(=O)CC2. The normalized spacial score (nSPS) is 23.8. The standard InChI is InChI=1S/C16H18N4O3S/c21-15(13-10-16(13)6-8-24(22,23)9-7-16)17-14-11-20(19-18-14)12-4-2-1-3-5-12/h1-5,11,13H,6-10H2,(H,17,21). The van der Waals surface area contributed by atoms with Crippen LogP contribution in [0.25, 0.3) is 5.69 Å². The zero-order chi connectivity index (χ0) is 16.8. The second-order valence-electron chi connectivity index (χ2n) is 6.64. The van der Waals surface area contributed by atoms with E-state index in [1.807, 2.05) is 30.3 Å². The molecular weight excluding hydrogens is 328 g/mol. The van der Waals surface area contributed by atoms with Crippen LogP contribution in [0.2, 0.25) is 0 Å². The second-order valence-corrected chi connectivity index (χ2v) is 8.95. The van der Waals surface area contributed by atoms with Crippen molar-refractivity contribution < 1.29 is 13.2 Å². The average Bonchev–Trinajstić information content (AvgIpc) is 3.10. The van der Waals surface area contributed by atoms with Gasteiger partial charge in [0, 0.05) is 5.92 Å². The Morgan fingerprint density at radius 1 is 1.21 bits per heavy atom. The Bertz CT molecular complexity index is 862. The number of para-hydroxylation sites is 1. The molecule has 2 fully saturated rings. The largest absolute Gasteiger partial charge is 0.308 e. The molecule has 1 unspecified atom stereocenters. The summed E-state index contributed by atoms with van der Waals surface area (Å²) in [7, 11) is -2.91. The highest BCUT2D eigenvalue weighted by Gasteiger charge is 2.59. The van der Waals surface area contributed by atoms with Crippen LogP contribution in [-0.4, -0.2) is 40.8 Å². The summed E-state index contributed by atoms with van der Waals surface area (Å²) in [4.78, 5) is 12.4. The van der Waals surface area contributed by atoms with Crippen molar-refractivity contribution in [3.8, 4) is 5.69 Å². The molecule has 126 valence electrons. The van der Waals surface area contributed by atoms with Gasteiger partial charge in [-0.05, 0) is 36.8 Å². The van der Waals surface area contributed by atoms with Crippen LogP contribution >= 0.6 is 0 Å². The van der Waals surface area contributed by atoms with Crippen LogP contribution in [0.3, 0.4) is 0 Å². The Labute approximate surface area is 140 Å². The van der Waals surface area contributed by atoms with E-state index >= 15 is 0 Å². The molecule has 0 radical (unpaired) electrons. The fourth-order valence-electron chi connectivity index (χ4n) is 3.46. The third-order valence-corrected chi connectivity index (χ3v) is 6.75. The Kier molecular flexibility index (Phi) is 3.45. The summed E-state index contributed by atoms with van der Waals surface area (Å²) >= 11 is 0. The predicted octanol–water partition coefficient (Wildman–Crippen LogP) is 1.42.